The van der Waals surface area contributed by atoms with E-state index in [1.54, 1.807) is 0 Å². The molecule has 0 fully saturated rings. The Bertz CT molecular complexity index is 528. The first-order chi connectivity index (χ1) is 8.63. The van der Waals surface area contributed by atoms with Crippen molar-refractivity contribution < 1.29 is 0 Å². The van der Waals surface area contributed by atoms with E-state index in [1.807, 2.05) is 12.1 Å². The standard InChI is InChI=1S/C14H20N4/c1-10(2)9-18-13(8-15)16-17-14(18)12-7-5-4-6-11(12)3/h4-7,10H,8-9,15H2,1-3H3. The number of hydrogen-bond acceptors (Lipinski definition) is 3. The van der Waals surface area contributed by atoms with Crippen molar-refractivity contribution in [3.63, 3.8) is 0 Å². The maximum Gasteiger partial charge on any atom is 0.164 e. The maximum atomic E-state index is 5.73. The van der Waals surface area contributed by atoms with Gasteiger partial charge in [0, 0.05) is 12.1 Å². The highest BCUT2D eigenvalue weighted by molar-refractivity contribution is 5.60. The second-order valence-electron chi connectivity index (χ2n) is 4.96. The van der Waals surface area contributed by atoms with Crippen molar-refractivity contribution in [3.05, 3.63) is 35.7 Å². The summed E-state index contributed by atoms with van der Waals surface area (Å²) in [5.41, 5.74) is 8.07. The molecule has 0 aliphatic carbocycles. The third kappa shape index (κ3) is 2.43. The van der Waals surface area contributed by atoms with Gasteiger partial charge in [0.05, 0.1) is 6.54 Å². The summed E-state index contributed by atoms with van der Waals surface area (Å²) in [7, 11) is 0. The van der Waals surface area contributed by atoms with E-state index in [0.29, 0.717) is 12.5 Å². The Morgan fingerprint density at radius 3 is 2.56 bits per heavy atom. The lowest BCUT2D eigenvalue weighted by Gasteiger charge is -2.13. The molecule has 4 nitrogen and oxygen atoms in total. The number of nitrogens with zero attached hydrogens (tertiary/aromatic N) is 3. The molecule has 0 bridgehead atoms. The average Bonchev–Trinajstić information content (AvgIpc) is 2.72. The van der Waals surface area contributed by atoms with Gasteiger partial charge in [-0.25, -0.2) is 0 Å². The van der Waals surface area contributed by atoms with Crippen LogP contribution in [0.5, 0.6) is 0 Å². The normalized spacial score (nSPS) is 11.2. The van der Waals surface area contributed by atoms with Crippen LogP contribution in [0.3, 0.4) is 0 Å². The first-order valence-electron chi connectivity index (χ1n) is 6.31. The summed E-state index contributed by atoms with van der Waals surface area (Å²) < 4.78 is 2.13. The fraction of sp³-hybridized carbons (Fsp3) is 0.429. The van der Waals surface area contributed by atoms with Crippen LogP contribution in [0.2, 0.25) is 0 Å². The van der Waals surface area contributed by atoms with Crippen LogP contribution in [0, 0.1) is 12.8 Å². The Labute approximate surface area is 108 Å². The predicted octanol–water partition coefficient (Wildman–Crippen LogP) is 2.37. The highest BCUT2D eigenvalue weighted by atomic mass is 15.3. The molecule has 0 amide bonds. The Morgan fingerprint density at radius 1 is 1.22 bits per heavy atom. The van der Waals surface area contributed by atoms with Gasteiger partial charge in [-0.1, -0.05) is 38.1 Å². The monoisotopic (exact) mass is 244 g/mol. The van der Waals surface area contributed by atoms with Crippen LogP contribution in [0.1, 0.15) is 25.2 Å². The molecule has 0 radical (unpaired) electrons. The minimum absolute atomic E-state index is 0.422. The molecule has 0 saturated heterocycles. The van der Waals surface area contributed by atoms with Crippen molar-refractivity contribution in [2.75, 3.05) is 0 Å². The molecule has 18 heavy (non-hydrogen) atoms. The predicted molar refractivity (Wildman–Crippen MR) is 72.9 cm³/mol. The Balaban J connectivity index is 2.51. The van der Waals surface area contributed by atoms with Gasteiger partial charge in [-0.05, 0) is 18.4 Å². The van der Waals surface area contributed by atoms with Crippen molar-refractivity contribution >= 4 is 0 Å². The lowest BCUT2D eigenvalue weighted by Crippen LogP contribution is -2.13. The second-order valence-corrected chi connectivity index (χ2v) is 4.96. The van der Waals surface area contributed by atoms with Crippen molar-refractivity contribution in [2.45, 2.75) is 33.9 Å². The van der Waals surface area contributed by atoms with Crippen LogP contribution in [0.15, 0.2) is 24.3 Å². The number of benzene rings is 1. The van der Waals surface area contributed by atoms with Crippen molar-refractivity contribution in [3.8, 4) is 11.4 Å². The van der Waals surface area contributed by atoms with Crippen molar-refractivity contribution in [1.82, 2.24) is 14.8 Å². The zero-order valence-electron chi connectivity index (χ0n) is 11.2. The summed E-state index contributed by atoms with van der Waals surface area (Å²) in [6.45, 7) is 7.77. The highest BCUT2D eigenvalue weighted by Gasteiger charge is 2.14. The number of hydrogen-bond donors (Lipinski definition) is 1. The van der Waals surface area contributed by atoms with E-state index in [-0.39, 0.29) is 0 Å². The molecular weight excluding hydrogens is 224 g/mol. The molecule has 0 saturated carbocycles. The minimum Gasteiger partial charge on any atom is -0.324 e. The van der Waals surface area contributed by atoms with Crippen molar-refractivity contribution in [2.24, 2.45) is 11.7 Å². The summed E-state index contributed by atoms with van der Waals surface area (Å²) in [5, 5.41) is 8.50. The molecule has 2 rings (SSSR count). The molecule has 96 valence electrons. The number of nitrogens with two attached hydrogens (primary N) is 1. The lowest BCUT2D eigenvalue weighted by molar-refractivity contribution is 0.510. The number of aryl methyl sites for hydroxylation is 1. The van der Waals surface area contributed by atoms with Crippen LogP contribution in [-0.2, 0) is 13.1 Å². The van der Waals surface area contributed by atoms with E-state index in [0.717, 1.165) is 23.8 Å². The van der Waals surface area contributed by atoms with E-state index in [4.69, 9.17) is 5.73 Å². The summed E-state index contributed by atoms with van der Waals surface area (Å²) in [4.78, 5) is 0. The van der Waals surface area contributed by atoms with Gasteiger partial charge in [0.2, 0.25) is 0 Å². The molecule has 0 atom stereocenters. The summed E-state index contributed by atoms with van der Waals surface area (Å²) in [6.07, 6.45) is 0. The Morgan fingerprint density at radius 2 is 1.94 bits per heavy atom. The van der Waals surface area contributed by atoms with Crippen LogP contribution in [0.4, 0.5) is 0 Å². The molecule has 0 aliphatic heterocycles. The molecule has 2 aromatic rings. The zero-order valence-corrected chi connectivity index (χ0v) is 11.2. The van der Waals surface area contributed by atoms with Gasteiger partial charge in [-0.2, -0.15) is 0 Å². The molecule has 2 N–H and O–H groups in total. The largest absolute Gasteiger partial charge is 0.324 e. The Kier molecular flexibility index (Phi) is 3.77. The van der Waals surface area contributed by atoms with Gasteiger partial charge < -0.3 is 10.3 Å². The van der Waals surface area contributed by atoms with Gasteiger partial charge in [0.25, 0.3) is 0 Å². The molecule has 1 heterocycles. The fourth-order valence-electron chi connectivity index (χ4n) is 2.07. The summed E-state index contributed by atoms with van der Waals surface area (Å²) in [5.74, 6) is 2.30. The summed E-state index contributed by atoms with van der Waals surface area (Å²) >= 11 is 0. The molecule has 0 aliphatic rings. The maximum absolute atomic E-state index is 5.73. The molecule has 0 unspecified atom stereocenters. The molecule has 1 aromatic heterocycles. The molecule has 4 heteroatoms. The quantitative estimate of drug-likeness (QED) is 0.898. The SMILES string of the molecule is Cc1ccccc1-c1nnc(CN)n1CC(C)C. The van der Waals surface area contributed by atoms with E-state index in [9.17, 15) is 0 Å². The first kappa shape index (κ1) is 12.8. The first-order valence-corrected chi connectivity index (χ1v) is 6.31. The topological polar surface area (TPSA) is 56.7 Å². The minimum atomic E-state index is 0.422. The fourth-order valence-corrected chi connectivity index (χ4v) is 2.07. The van der Waals surface area contributed by atoms with Crippen LogP contribution in [-0.4, -0.2) is 14.8 Å². The zero-order chi connectivity index (χ0) is 13.1. The molecule has 0 spiro atoms. The summed E-state index contributed by atoms with van der Waals surface area (Å²) in [6, 6.07) is 8.23. The third-order valence-electron chi connectivity index (χ3n) is 2.94. The van der Waals surface area contributed by atoms with Gasteiger partial charge in [0.15, 0.2) is 5.82 Å². The smallest absolute Gasteiger partial charge is 0.164 e. The van der Waals surface area contributed by atoms with Gasteiger partial charge >= 0.3 is 0 Å². The van der Waals surface area contributed by atoms with Crippen LogP contribution >= 0.6 is 0 Å². The van der Waals surface area contributed by atoms with E-state index in [1.165, 1.54) is 5.56 Å². The van der Waals surface area contributed by atoms with E-state index < -0.39 is 0 Å². The second kappa shape index (κ2) is 5.31. The average molecular weight is 244 g/mol. The lowest BCUT2D eigenvalue weighted by atomic mass is 10.1. The molecule has 1 aromatic carbocycles. The number of aromatic nitrogens is 3. The number of rotatable bonds is 4. The van der Waals surface area contributed by atoms with Gasteiger partial charge in [0.1, 0.15) is 5.82 Å². The van der Waals surface area contributed by atoms with Crippen LogP contribution < -0.4 is 5.73 Å². The van der Waals surface area contributed by atoms with E-state index >= 15 is 0 Å². The Hall–Kier alpha value is -1.68. The highest BCUT2D eigenvalue weighted by Crippen LogP contribution is 2.22. The van der Waals surface area contributed by atoms with Crippen LogP contribution in [0.25, 0.3) is 11.4 Å². The molecular formula is C14H20N4. The van der Waals surface area contributed by atoms with Gasteiger partial charge in [-0.3, -0.25) is 0 Å². The van der Waals surface area contributed by atoms with Gasteiger partial charge in [-0.15, -0.1) is 10.2 Å². The van der Waals surface area contributed by atoms with Crippen molar-refractivity contribution in [1.29, 1.82) is 0 Å². The van der Waals surface area contributed by atoms with E-state index in [2.05, 4.69) is 47.7 Å². The third-order valence-corrected chi connectivity index (χ3v) is 2.94.